The van der Waals surface area contributed by atoms with E-state index >= 15 is 0 Å². The summed E-state index contributed by atoms with van der Waals surface area (Å²) in [6.07, 6.45) is 0.333. The maximum atomic E-state index is 12.2. The fourth-order valence-electron chi connectivity index (χ4n) is 1.82. The predicted octanol–water partition coefficient (Wildman–Crippen LogP) is -0.394. The van der Waals surface area contributed by atoms with Crippen molar-refractivity contribution in [2.24, 2.45) is 5.41 Å². The van der Waals surface area contributed by atoms with E-state index in [1.165, 1.54) is 22.8 Å². The van der Waals surface area contributed by atoms with Gasteiger partial charge in [-0.05, 0) is 13.3 Å². The number of ether oxygens (including phenoxy) is 1. The molecule has 0 aromatic heterocycles. The van der Waals surface area contributed by atoms with Crippen LogP contribution in [0.4, 0.5) is 0 Å². The summed E-state index contributed by atoms with van der Waals surface area (Å²) in [6, 6.07) is 0. The summed E-state index contributed by atoms with van der Waals surface area (Å²) in [5, 5.41) is 9.08. The quantitative estimate of drug-likeness (QED) is 0.715. The summed E-state index contributed by atoms with van der Waals surface area (Å²) in [5.74, 6) is -0.959. The third-order valence-corrected chi connectivity index (χ3v) is 5.22. The highest BCUT2D eigenvalue weighted by Crippen LogP contribution is 2.32. The zero-order chi connectivity index (χ0) is 14.0. The summed E-state index contributed by atoms with van der Waals surface area (Å²) in [6.45, 7) is 2.38. The standard InChI is InChI=1S/C10H20N2O5S/c1-10(9(13)14)4-5-12(8-10)18(15,16)11(2)6-7-17-3/h4-8H2,1-3H3,(H,13,14). The number of methoxy groups -OCH3 is 1. The molecule has 8 heteroatoms. The van der Waals surface area contributed by atoms with Crippen molar-refractivity contribution in [2.75, 3.05) is 40.4 Å². The second kappa shape index (κ2) is 5.52. The molecule has 0 bridgehead atoms. The Balaban J connectivity index is 2.74. The fraction of sp³-hybridized carbons (Fsp3) is 0.900. The average molecular weight is 280 g/mol. The largest absolute Gasteiger partial charge is 0.481 e. The van der Waals surface area contributed by atoms with E-state index in [-0.39, 0.29) is 19.6 Å². The summed E-state index contributed by atoms with van der Waals surface area (Å²) in [4.78, 5) is 11.1. The molecule has 1 N–H and O–H groups in total. The minimum absolute atomic E-state index is 0.0159. The first-order chi connectivity index (χ1) is 8.24. The number of nitrogens with zero attached hydrogens (tertiary/aromatic N) is 2. The number of carboxylic acids is 1. The lowest BCUT2D eigenvalue weighted by Crippen LogP contribution is -2.43. The first-order valence-corrected chi connectivity index (χ1v) is 7.07. The average Bonchev–Trinajstić information content (AvgIpc) is 2.70. The number of hydrogen-bond acceptors (Lipinski definition) is 4. The summed E-state index contributed by atoms with van der Waals surface area (Å²) >= 11 is 0. The van der Waals surface area contributed by atoms with Gasteiger partial charge in [-0.3, -0.25) is 4.79 Å². The molecule has 1 atom stereocenters. The molecular weight excluding hydrogens is 260 g/mol. The lowest BCUT2D eigenvalue weighted by molar-refractivity contribution is -0.146. The summed E-state index contributed by atoms with van der Waals surface area (Å²) in [5.41, 5.74) is -0.991. The zero-order valence-corrected chi connectivity index (χ0v) is 11.7. The highest BCUT2D eigenvalue weighted by Gasteiger charge is 2.45. The third-order valence-electron chi connectivity index (χ3n) is 3.29. The van der Waals surface area contributed by atoms with Gasteiger partial charge in [0.25, 0.3) is 10.2 Å². The van der Waals surface area contributed by atoms with Crippen LogP contribution in [0.5, 0.6) is 0 Å². The number of aliphatic carboxylic acids is 1. The van der Waals surface area contributed by atoms with Gasteiger partial charge in [-0.15, -0.1) is 0 Å². The monoisotopic (exact) mass is 280 g/mol. The molecule has 0 amide bonds. The van der Waals surface area contributed by atoms with E-state index in [1.54, 1.807) is 6.92 Å². The van der Waals surface area contributed by atoms with Crippen molar-refractivity contribution in [1.29, 1.82) is 0 Å². The minimum Gasteiger partial charge on any atom is -0.481 e. The van der Waals surface area contributed by atoms with Gasteiger partial charge in [-0.25, -0.2) is 0 Å². The molecule has 0 radical (unpaired) electrons. The van der Waals surface area contributed by atoms with Crippen LogP contribution in [0, 0.1) is 5.41 Å². The lowest BCUT2D eigenvalue weighted by Gasteiger charge is -2.25. The van der Waals surface area contributed by atoms with Crippen molar-refractivity contribution in [2.45, 2.75) is 13.3 Å². The van der Waals surface area contributed by atoms with E-state index in [2.05, 4.69) is 0 Å². The maximum absolute atomic E-state index is 12.2. The number of carbonyl (C=O) groups is 1. The third kappa shape index (κ3) is 3.00. The Hall–Kier alpha value is -0.700. The van der Waals surface area contributed by atoms with Gasteiger partial charge in [0.15, 0.2) is 0 Å². The van der Waals surface area contributed by atoms with E-state index in [9.17, 15) is 13.2 Å². The van der Waals surface area contributed by atoms with E-state index in [4.69, 9.17) is 9.84 Å². The number of carboxylic acid groups (broad SMARTS) is 1. The molecule has 18 heavy (non-hydrogen) atoms. The van der Waals surface area contributed by atoms with Crippen LogP contribution in [-0.2, 0) is 19.7 Å². The molecular formula is C10H20N2O5S. The van der Waals surface area contributed by atoms with Gasteiger partial charge in [0.2, 0.25) is 0 Å². The van der Waals surface area contributed by atoms with E-state index in [1.807, 2.05) is 0 Å². The Morgan fingerprint density at radius 1 is 1.56 bits per heavy atom. The molecule has 106 valence electrons. The Labute approximate surface area is 108 Å². The minimum atomic E-state index is -3.59. The number of likely N-dealkylation sites (N-methyl/N-ethyl adjacent to an activating group) is 1. The number of rotatable bonds is 6. The molecule has 7 nitrogen and oxygen atoms in total. The molecule has 1 aliphatic rings. The van der Waals surface area contributed by atoms with Crippen LogP contribution >= 0.6 is 0 Å². The molecule has 1 saturated heterocycles. The Morgan fingerprint density at radius 2 is 2.17 bits per heavy atom. The van der Waals surface area contributed by atoms with Crippen LogP contribution in [0.3, 0.4) is 0 Å². The lowest BCUT2D eigenvalue weighted by atomic mass is 9.90. The van der Waals surface area contributed by atoms with E-state index in [0.717, 1.165) is 0 Å². The molecule has 1 unspecified atom stereocenters. The molecule has 0 spiro atoms. The summed E-state index contributed by atoms with van der Waals surface area (Å²) < 4.78 is 31.5. The highest BCUT2D eigenvalue weighted by atomic mass is 32.2. The van der Waals surface area contributed by atoms with Gasteiger partial charge in [0, 0.05) is 33.8 Å². The van der Waals surface area contributed by atoms with Gasteiger partial charge in [-0.2, -0.15) is 17.0 Å². The van der Waals surface area contributed by atoms with Gasteiger partial charge in [0.1, 0.15) is 0 Å². The topological polar surface area (TPSA) is 87.2 Å². The zero-order valence-electron chi connectivity index (χ0n) is 10.9. The predicted molar refractivity (Wildman–Crippen MR) is 65.4 cm³/mol. The first-order valence-electron chi connectivity index (χ1n) is 5.68. The van der Waals surface area contributed by atoms with Gasteiger partial charge >= 0.3 is 5.97 Å². The van der Waals surface area contributed by atoms with Crippen LogP contribution < -0.4 is 0 Å². The van der Waals surface area contributed by atoms with Gasteiger partial charge in [-0.1, -0.05) is 0 Å². The molecule has 0 aromatic carbocycles. The first kappa shape index (κ1) is 15.4. The Kier molecular flexibility index (Phi) is 4.71. The van der Waals surface area contributed by atoms with Crippen LogP contribution in [0.15, 0.2) is 0 Å². The van der Waals surface area contributed by atoms with Crippen LogP contribution in [0.2, 0.25) is 0 Å². The normalized spacial score (nSPS) is 25.8. The smallest absolute Gasteiger partial charge is 0.310 e. The van der Waals surface area contributed by atoms with Crippen molar-refractivity contribution in [3.63, 3.8) is 0 Å². The van der Waals surface area contributed by atoms with Crippen molar-refractivity contribution >= 4 is 16.2 Å². The van der Waals surface area contributed by atoms with Crippen molar-refractivity contribution in [3.8, 4) is 0 Å². The van der Waals surface area contributed by atoms with Crippen molar-refractivity contribution in [1.82, 2.24) is 8.61 Å². The van der Waals surface area contributed by atoms with E-state index < -0.39 is 21.6 Å². The second-order valence-corrected chi connectivity index (χ2v) is 6.81. The maximum Gasteiger partial charge on any atom is 0.310 e. The second-order valence-electron chi connectivity index (χ2n) is 4.77. The molecule has 0 aliphatic carbocycles. The molecule has 0 aromatic rings. The van der Waals surface area contributed by atoms with Crippen LogP contribution in [-0.4, -0.2) is 68.5 Å². The highest BCUT2D eigenvalue weighted by molar-refractivity contribution is 7.86. The SMILES string of the molecule is COCCN(C)S(=O)(=O)N1CCC(C)(C(=O)O)C1. The molecule has 1 rings (SSSR count). The Bertz CT molecular complexity index is 410. The Morgan fingerprint density at radius 3 is 2.61 bits per heavy atom. The van der Waals surface area contributed by atoms with Gasteiger partial charge in [0.05, 0.1) is 12.0 Å². The van der Waals surface area contributed by atoms with E-state index in [0.29, 0.717) is 13.0 Å². The van der Waals surface area contributed by atoms with Crippen LogP contribution in [0.25, 0.3) is 0 Å². The van der Waals surface area contributed by atoms with Gasteiger partial charge < -0.3 is 9.84 Å². The van der Waals surface area contributed by atoms with Crippen molar-refractivity contribution < 1.29 is 23.1 Å². The number of hydrogen-bond donors (Lipinski definition) is 1. The van der Waals surface area contributed by atoms with Crippen LogP contribution in [0.1, 0.15) is 13.3 Å². The molecule has 0 saturated carbocycles. The summed E-state index contributed by atoms with van der Waals surface area (Å²) in [7, 11) is -0.631. The molecule has 1 fully saturated rings. The van der Waals surface area contributed by atoms with Crippen molar-refractivity contribution in [3.05, 3.63) is 0 Å². The molecule has 1 heterocycles. The molecule has 1 aliphatic heterocycles. The fourth-order valence-corrected chi connectivity index (χ4v) is 3.29.